The molecule has 0 saturated heterocycles. The summed E-state index contributed by atoms with van der Waals surface area (Å²) in [6, 6.07) is 13.7. The van der Waals surface area contributed by atoms with Crippen molar-refractivity contribution in [1.82, 2.24) is 15.3 Å². The number of nitrogens with one attached hydrogen (secondary N) is 3. The number of rotatable bonds is 8. The number of anilines is 1. The molecule has 3 N–H and O–H groups in total. The molecule has 7 nitrogen and oxygen atoms in total. The van der Waals surface area contributed by atoms with Crippen LogP contribution in [0.2, 0.25) is 0 Å². The van der Waals surface area contributed by atoms with Gasteiger partial charge in [-0.2, -0.15) is 0 Å². The minimum atomic E-state index is -0.688. The number of carbonyl (C=O) groups excluding carboxylic acids is 2. The lowest BCUT2D eigenvalue weighted by Gasteiger charge is -2.23. The summed E-state index contributed by atoms with van der Waals surface area (Å²) in [4.78, 5) is 33.0. The predicted molar refractivity (Wildman–Crippen MR) is 113 cm³/mol. The van der Waals surface area contributed by atoms with E-state index in [1.807, 2.05) is 45.0 Å². The third-order valence-electron chi connectivity index (χ3n) is 4.84. The Morgan fingerprint density at radius 2 is 1.83 bits per heavy atom. The SMILES string of the molecule is CCOc1ccc(C(=O)N[C@H](C(=O)Nc2nc3ccccc3[nH]2)[C@H](C)CC)cc1. The summed E-state index contributed by atoms with van der Waals surface area (Å²) >= 11 is 0. The number of fused-ring (bicyclic) bond motifs is 1. The standard InChI is InChI=1S/C22H26N4O3/c1-4-14(3)19(25-20(27)15-10-12-16(13-11-15)29-5-2)21(28)26-22-23-17-8-6-7-9-18(17)24-22/h6-14,19H,4-5H2,1-3H3,(H,25,27)(H2,23,24,26,28)/t14-,19+/m1/s1. The highest BCUT2D eigenvalue weighted by Crippen LogP contribution is 2.16. The first-order valence-electron chi connectivity index (χ1n) is 9.81. The van der Waals surface area contributed by atoms with Gasteiger partial charge in [0.25, 0.3) is 5.91 Å². The summed E-state index contributed by atoms with van der Waals surface area (Å²) in [5, 5.41) is 5.64. The quantitative estimate of drug-likeness (QED) is 0.542. The molecule has 0 unspecified atom stereocenters. The van der Waals surface area contributed by atoms with Crippen molar-refractivity contribution in [3.05, 3.63) is 54.1 Å². The number of H-pyrrole nitrogens is 1. The van der Waals surface area contributed by atoms with Gasteiger partial charge in [-0.3, -0.25) is 14.9 Å². The zero-order chi connectivity index (χ0) is 20.8. The molecular formula is C22H26N4O3. The number of aromatic amines is 1. The molecule has 0 radical (unpaired) electrons. The highest BCUT2D eigenvalue weighted by Gasteiger charge is 2.27. The van der Waals surface area contributed by atoms with Gasteiger partial charge in [-0.15, -0.1) is 0 Å². The largest absolute Gasteiger partial charge is 0.494 e. The number of hydrogen-bond acceptors (Lipinski definition) is 4. The third kappa shape index (κ3) is 4.93. The summed E-state index contributed by atoms with van der Waals surface area (Å²) in [6.07, 6.45) is 0.738. The number of benzene rings is 2. The van der Waals surface area contributed by atoms with Gasteiger partial charge in [0.1, 0.15) is 11.8 Å². The highest BCUT2D eigenvalue weighted by molar-refractivity contribution is 6.01. The van der Waals surface area contributed by atoms with Crippen LogP contribution in [0.1, 0.15) is 37.6 Å². The van der Waals surface area contributed by atoms with Gasteiger partial charge in [-0.1, -0.05) is 32.4 Å². The first-order chi connectivity index (χ1) is 14.0. The average Bonchev–Trinajstić information content (AvgIpc) is 3.14. The van der Waals surface area contributed by atoms with E-state index in [1.165, 1.54) is 0 Å². The van der Waals surface area contributed by atoms with Gasteiger partial charge in [0.2, 0.25) is 11.9 Å². The topological polar surface area (TPSA) is 96.1 Å². The predicted octanol–water partition coefficient (Wildman–Crippen LogP) is 3.74. The molecule has 0 saturated carbocycles. The Balaban J connectivity index is 1.72. The molecule has 0 aliphatic carbocycles. The molecule has 0 spiro atoms. The van der Waals surface area contributed by atoms with Gasteiger partial charge in [-0.05, 0) is 49.2 Å². The van der Waals surface area contributed by atoms with Crippen molar-refractivity contribution in [3.8, 4) is 5.75 Å². The highest BCUT2D eigenvalue weighted by atomic mass is 16.5. The maximum absolute atomic E-state index is 12.9. The molecule has 3 rings (SSSR count). The van der Waals surface area contributed by atoms with Crippen molar-refractivity contribution >= 4 is 28.8 Å². The zero-order valence-corrected chi connectivity index (χ0v) is 16.9. The van der Waals surface area contributed by atoms with Gasteiger partial charge < -0.3 is 15.0 Å². The van der Waals surface area contributed by atoms with Gasteiger partial charge in [-0.25, -0.2) is 4.98 Å². The lowest BCUT2D eigenvalue weighted by Crippen LogP contribution is -2.47. The van der Waals surface area contributed by atoms with Crippen molar-refractivity contribution in [2.45, 2.75) is 33.2 Å². The van der Waals surface area contributed by atoms with Crippen molar-refractivity contribution in [1.29, 1.82) is 0 Å². The van der Waals surface area contributed by atoms with Crippen LogP contribution in [0.25, 0.3) is 11.0 Å². The lowest BCUT2D eigenvalue weighted by atomic mass is 9.98. The Morgan fingerprint density at radius 1 is 1.10 bits per heavy atom. The molecule has 7 heteroatoms. The molecule has 2 atom stereocenters. The van der Waals surface area contributed by atoms with E-state index >= 15 is 0 Å². The first kappa shape index (κ1) is 20.4. The number of amides is 2. The second-order valence-electron chi connectivity index (χ2n) is 6.89. The molecule has 1 heterocycles. The Bertz CT molecular complexity index is 948. The van der Waals surface area contributed by atoms with Crippen molar-refractivity contribution < 1.29 is 14.3 Å². The van der Waals surface area contributed by atoms with E-state index in [-0.39, 0.29) is 17.7 Å². The van der Waals surface area contributed by atoms with Crippen LogP contribution in [0.15, 0.2) is 48.5 Å². The second kappa shape index (κ2) is 9.23. The molecule has 3 aromatic rings. The number of aromatic nitrogens is 2. The molecule has 0 aliphatic rings. The van der Waals surface area contributed by atoms with Crippen LogP contribution in [0, 0.1) is 5.92 Å². The summed E-state index contributed by atoms with van der Waals surface area (Å²) in [7, 11) is 0. The molecule has 152 valence electrons. The summed E-state index contributed by atoms with van der Waals surface area (Å²) in [5.74, 6) is 0.395. The molecule has 0 fully saturated rings. The molecule has 0 bridgehead atoms. The van der Waals surface area contributed by atoms with Crippen molar-refractivity contribution in [3.63, 3.8) is 0 Å². The van der Waals surface area contributed by atoms with Crippen LogP contribution < -0.4 is 15.4 Å². The van der Waals surface area contributed by atoms with E-state index in [0.29, 0.717) is 23.9 Å². The molecular weight excluding hydrogens is 368 g/mol. The monoisotopic (exact) mass is 394 g/mol. The fraction of sp³-hybridized carbons (Fsp3) is 0.318. The Morgan fingerprint density at radius 3 is 2.48 bits per heavy atom. The van der Waals surface area contributed by atoms with Crippen LogP contribution in [0.3, 0.4) is 0 Å². The van der Waals surface area contributed by atoms with Crippen LogP contribution in [0.4, 0.5) is 5.95 Å². The maximum atomic E-state index is 12.9. The van der Waals surface area contributed by atoms with Crippen LogP contribution in [0.5, 0.6) is 5.75 Å². The van der Waals surface area contributed by atoms with E-state index in [1.54, 1.807) is 24.3 Å². The fourth-order valence-corrected chi connectivity index (χ4v) is 3.00. The van der Waals surface area contributed by atoms with Crippen LogP contribution >= 0.6 is 0 Å². The Kier molecular flexibility index (Phi) is 6.49. The van der Waals surface area contributed by atoms with E-state index in [2.05, 4.69) is 20.6 Å². The van der Waals surface area contributed by atoms with Gasteiger partial charge in [0.15, 0.2) is 0 Å². The lowest BCUT2D eigenvalue weighted by molar-refractivity contribution is -0.119. The van der Waals surface area contributed by atoms with Crippen molar-refractivity contribution in [2.75, 3.05) is 11.9 Å². The summed E-state index contributed by atoms with van der Waals surface area (Å²) in [5.41, 5.74) is 2.07. The Labute approximate surface area is 169 Å². The smallest absolute Gasteiger partial charge is 0.251 e. The summed E-state index contributed by atoms with van der Waals surface area (Å²) in [6.45, 7) is 6.37. The molecule has 29 heavy (non-hydrogen) atoms. The molecule has 2 aromatic carbocycles. The molecule has 1 aromatic heterocycles. The van der Waals surface area contributed by atoms with Gasteiger partial charge >= 0.3 is 0 Å². The number of para-hydroxylation sites is 2. The zero-order valence-electron chi connectivity index (χ0n) is 16.9. The van der Waals surface area contributed by atoms with Gasteiger partial charge in [0, 0.05) is 5.56 Å². The number of imidazole rings is 1. The van der Waals surface area contributed by atoms with E-state index < -0.39 is 6.04 Å². The van der Waals surface area contributed by atoms with Crippen LogP contribution in [-0.4, -0.2) is 34.4 Å². The number of nitrogens with zero attached hydrogens (tertiary/aromatic N) is 1. The molecule has 2 amide bonds. The van der Waals surface area contributed by atoms with Gasteiger partial charge in [0.05, 0.1) is 17.6 Å². The maximum Gasteiger partial charge on any atom is 0.251 e. The number of hydrogen-bond donors (Lipinski definition) is 3. The minimum absolute atomic E-state index is 0.0500. The number of carbonyl (C=O) groups is 2. The Hall–Kier alpha value is -3.35. The first-order valence-corrected chi connectivity index (χ1v) is 9.81. The van der Waals surface area contributed by atoms with Crippen LogP contribution in [-0.2, 0) is 4.79 Å². The molecule has 0 aliphatic heterocycles. The average molecular weight is 394 g/mol. The number of ether oxygens (including phenoxy) is 1. The normalized spacial score (nSPS) is 12.9. The van der Waals surface area contributed by atoms with E-state index in [4.69, 9.17) is 4.74 Å². The second-order valence-corrected chi connectivity index (χ2v) is 6.89. The van der Waals surface area contributed by atoms with E-state index in [0.717, 1.165) is 17.5 Å². The third-order valence-corrected chi connectivity index (χ3v) is 4.84. The summed E-state index contributed by atoms with van der Waals surface area (Å²) < 4.78 is 5.40. The van der Waals surface area contributed by atoms with E-state index in [9.17, 15) is 9.59 Å². The fourth-order valence-electron chi connectivity index (χ4n) is 3.00. The van der Waals surface area contributed by atoms with Crippen molar-refractivity contribution in [2.24, 2.45) is 5.92 Å². The minimum Gasteiger partial charge on any atom is -0.494 e.